The number of nitrogens with zero attached hydrogens (tertiary/aromatic N) is 1. The van der Waals surface area contributed by atoms with Crippen molar-refractivity contribution in [1.82, 2.24) is 20.9 Å². The quantitative estimate of drug-likeness (QED) is 0.0420. The summed E-state index contributed by atoms with van der Waals surface area (Å²) in [7, 11) is 3.05. The Hall–Kier alpha value is -4.94. The van der Waals surface area contributed by atoms with Crippen molar-refractivity contribution in [2.75, 3.05) is 27.2 Å². The van der Waals surface area contributed by atoms with E-state index in [1.807, 2.05) is 0 Å². The number of carbonyl (C=O) groups is 5. The van der Waals surface area contributed by atoms with Crippen LogP contribution in [0, 0.1) is 16.7 Å². The zero-order chi connectivity index (χ0) is 34.9. The van der Waals surface area contributed by atoms with Crippen LogP contribution in [0.15, 0.2) is 24.3 Å². The highest BCUT2D eigenvalue weighted by molar-refractivity contribution is 6.02. The van der Waals surface area contributed by atoms with Crippen molar-refractivity contribution < 1.29 is 42.3 Å². The Morgan fingerprint density at radius 3 is 1.84 bits per heavy atom. The van der Waals surface area contributed by atoms with Crippen molar-refractivity contribution in [1.29, 1.82) is 10.8 Å². The minimum absolute atomic E-state index is 0.0549. The van der Waals surface area contributed by atoms with Crippen LogP contribution in [0.4, 0.5) is 13.2 Å². The van der Waals surface area contributed by atoms with Crippen LogP contribution in [-0.4, -0.2) is 96.8 Å². The number of benzene rings is 1. The van der Waals surface area contributed by atoms with E-state index in [0.29, 0.717) is 30.5 Å². The molecule has 1 aromatic rings. The molecule has 0 fully saturated rings. The van der Waals surface area contributed by atoms with E-state index in [2.05, 4.69) is 16.0 Å². The highest BCUT2D eigenvalue weighted by Gasteiger charge is 2.38. The van der Waals surface area contributed by atoms with E-state index in [1.54, 1.807) is 24.3 Å². The third-order valence-electron chi connectivity index (χ3n) is 5.98. The number of carboxylic acid groups (broad SMARTS) is 1. The van der Waals surface area contributed by atoms with Gasteiger partial charge in [-0.25, -0.2) is 4.79 Å². The van der Waals surface area contributed by atoms with Gasteiger partial charge >= 0.3 is 12.1 Å². The Bertz CT molecular complexity index is 1190. The van der Waals surface area contributed by atoms with Gasteiger partial charge in [-0.2, -0.15) is 13.2 Å². The van der Waals surface area contributed by atoms with Gasteiger partial charge in [0.05, 0.1) is 0 Å². The molecule has 0 aliphatic rings. The van der Waals surface area contributed by atoms with Gasteiger partial charge in [-0.05, 0) is 44.2 Å². The third kappa shape index (κ3) is 15.9. The predicted octanol–water partition coefficient (Wildman–Crippen LogP) is -1.69. The molecule has 0 aliphatic heterocycles. The number of amides is 4. The Morgan fingerprint density at radius 1 is 0.911 bits per heavy atom. The van der Waals surface area contributed by atoms with Crippen molar-refractivity contribution >= 4 is 41.4 Å². The summed E-state index contributed by atoms with van der Waals surface area (Å²) in [4.78, 5) is 61.3. The molecule has 0 spiro atoms. The molecule has 252 valence electrons. The van der Waals surface area contributed by atoms with Gasteiger partial charge in [0.15, 0.2) is 5.96 Å². The lowest BCUT2D eigenvalue weighted by molar-refractivity contribution is -0.192. The lowest BCUT2D eigenvalue weighted by Gasteiger charge is -2.25. The minimum Gasteiger partial charge on any atom is -0.475 e. The first-order valence-electron chi connectivity index (χ1n) is 13.4. The fourth-order valence-electron chi connectivity index (χ4n) is 3.61. The summed E-state index contributed by atoms with van der Waals surface area (Å²) in [5.41, 5.74) is 23.0. The number of nitrogen functional groups attached to an aromatic ring is 1. The van der Waals surface area contributed by atoms with Gasteiger partial charge in [-0.1, -0.05) is 24.3 Å². The molecule has 14 N–H and O–H groups in total. The van der Waals surface area contributed by atoms with E-state index in [0.717, 1.165) is 0 Å². The summed E-state index contributed by atoms with van der Waals surface area (Å²) in [5, 5.41) is 29.6. The number of alkyl halides is 3. The zero-order valence-electron chi connectivity index (χ0n) is 24.9. The molecule has 1 unspecified atom stereocenters. The van der Waals surface area contributed by atoms with Crippen LogP contribution in [0.5, 0.6) is 0 Å². The highest BCUT2D eigenvalue weighted by atomic mass is 19.4. The van der Waals surface area contributed by atoms with Crippen LogP contribution in [0.1, 0.15) is 36.8 Å². The van der Waals surface area contributed by atoms with Crippen molar-refractivity contribution in [3.05, 3.63) is 35.4 Å². The van der Waals surface area contributed by atoms with E-state index in [-0.39, 0.29) is 37.6 Å². The molecular weight excluding hydrogens is 605 g/mol. The van der Waals surface area contributed by atoms with Crippen molar-refractivity contribution in [3.63, 3.8) is 0 Å². The average Bonchev–Trinajstić information content (AvgIpc) is 2.94. The molecule has 0 heterocycles. The van der Waals surface area contributed by atoms with E-state index in [1.165, 1.54) is 19.0 Å². The molecule has 0 saturated carbocycles. The number of halogens is 3. The number of aliphatic carboxylic acids is 1. The maximum absolute atomic E-state index is 13.3. The zero-order valence-corrected chi connectivity index (χ0v) is 24.9. The van der Waals surface area contributed by atoms with Crippen molar-refractivity contribution in [3.8, 4) is 0 Å². The molecule has 0 bridgehead atoms. The Labute approximate surface area is 257 Å². The van der Waals surface area contributed by atoms with Crippen LogP contribution < -0.4 is 38.9 Å². The van der Waals surface area contributed by atoms with Gasteiger partial charge in [-0.15, -0.1) is 0 Å². The lowest BCUT2D eigenvalue weighted by Crippen LogP contribution is -2.55. The largest absolute Gasteiger partial charge is 0.490 e. The van der Waals surface area contributed by atoms with Crippen LogP contribution in [0.2, 0.25) is 0 Å². The predicted molar refractivity (Wildman–Crippen MR) is 158 cm³/mol. The van der Waals surface area contributed by atoms with Crippen LogP contribution in [0.25, 0.3) is 0 Å². The van der Waals surface area contributed by atoms with E-state index in [9.17, 15) is 32.3 Å². The molecule has 19 heteroatoms. The van der Waals surface area contributed by atoms with E-state index >= 15 is 0 Å². The van der Waals surface area contributed by atoms with Gasteiger partial charge in [0.2, 0.25) is 23.6 Å². The molecule has 0 saturated heterocycles. The Balaban J connectivity index is 0.00000246. The van der Waals surface area contributed by atoms with Crippen molar-refractivity contribution in [2.45, 2.75) is 50.4 Å². The topological polar surface area (TPSA) is 297 Å². The van der Waals surface area contributed by atoms with E-state index in [4.69, 9.17) is 43.7 Å². The second kappa shape index (κ2) is 19.4. The lowest BCUT2D eigenvalue weighted by atomic mass is 9.95. The summed E-state index contributed by atoms with van der Waals surface area (Å²) < 4.78 is 31.7. The average molecular weight is 647 g/mol. The second-order valence-corrected chi connectivity index (χ2v) is 9.84. The van der Waals surface area contributed by atoms with Gasteiger partial charge < -0.3 is 48.9 Å². The fraction of sp³-hybridized carbons (Fsp3) is 0.500. The number of guanidine groups is 1. The molecule has 0 radical (unpaired) electrons. The Kier molecular flexibility index (Phi) is 17.2. The SMILES string of the molecule is CN(C)C(=O)C(Cc1ccc(C(=N)N)cc1)C(=O)N[C@@H](CCCN)C(=O)N[C@@H](CCCNC(=N)N)C(N)=O.O=C(O)C(F)(F)F. The molecule has 0 aliphatic carbocycles. The summed E-state index contributed by atoms with van der Waals surface area (Å²) >= 11 is 0. The number of amidine groups is 1. The molecule has 16 nitrogen and oxygen atoms in total. The number of primary amides is 1. The first-order valence-corrected chi connectivity index (χ1v) is 13.4. The molecule has 4 amide bonds. The van der Waals surface area contributed by atoms with Gasteiger partial charge in [0.25, 0.3) is 0 Å². The number of hydrogen-bond acceptors (Lipinski definition) is 8. The molecule has 45 heavy (non-hydrogen) atoms. The summed E-state index contributed by atoms with van der Waals surface area (Å²) in [6.07, 6.45) is -3.85. The van der Waals surface area contributed by atoms with Crippen molar-refractivity contribution in [2.24, 2.45) is 28.9 Å². The smallest absolute Gasteiger partial charge is 0.475 e. The molecular formula is C26H41F3N10O6. The number of hydrogen-bond donors (Lipinski definition) is 10. The standard InChI is InChI=1S/C24H40N10O4.C2HF3O2/c1-34(2)23(38)16(13-14-7-9-15(10-8-14)19(26)27)21(36)33-18(5-3-11-25)22(37)32-17(20(28)35)6-4-12-31-24(29)30;3-2(4,5)1(6)7/h7-10,16-18H,3-6,11-13,25H2,1-2H3,(H3,26,27)(H2,28,35)(H,32,37)(H,33,36)(H4,29,30,31);(H,6,7)/t16?,17-,18-;/m0./s1. The number of carboxylic acids is 1. The third-order valence-corrected chi connectivity index (χ3v) is 5.98. The van der Waals surface area contributed by atoms with Gasteiger partial charge in [0, 0.05) is 26.2 Å². The first-order chi connectivity index (χ1) is 20.8. The van der Waals surface area contributed by atoms with Crippen LogP contribution in [-0.2, 0) is 30.4 Å². The number of nitrogens with two attached hydrogens (primary N) is 4. The maximum Gasteiger partial charge on any atom is 0.490 e. The van der Waals surface area contributed by atoms with Gasteiger partial charge in [-0.3, -0.25) is 30.0 Å². The fourth-order valence-corrected chi connectivity index (χ4v) is 3.61. The molecule has 1 rings (SSSR count). The van der Waals surface area contributed by atoms with Crippen LogP contribution >= 0.6 is 0 Å². The van der Waals surface area contributed by atoms with Crippen LogP contribution in [0.3, 0.4) is 0 Å². The van der Waals surface area contributed by atoms with E-state index < -0.39 is 53.8 Å². The summed E-state index contributed by atoms with van der Waals surface area (Å²) in [5.74, 6) is -6.70. The maximum atomic E-state index is 13.3. The van der Waals surface area contributed by atoms with Gasteiger partial charge in [0.1, 0.15) is 23.8 Å². The molecule has 0 aromatic heterocycles. The molecule has 1 aromatic carbocycles. The second-order valence-electron chi connectivity index (χ2n) is 9.84. The summed E-state index contributed by atoms with van der Waals surface area (Å²) in [6.45, 7) is 0.572. The Morgan fingerprint density at radius 2 is 1.42 bits per heavy atom. The normalized spacial score (nSPS) is 12.7. The number of nitrogens with one attached hydrogen (secondary N) is 5. The number of rotatable bonds is 16. The highest BCUT2D eigenvalue weighted by Crippen LogP contribution is 2.15. The molecule has 3 atom stereocenters. The number of carbonyl (C=O) groups excluding carboxylic acids is 4. The first kappa shape index (κ1) is 40.1. The monoisotopic (exact) mass is 646 g/mol. The minimum atomic E-state index is -5.08. The summed E-state index contributed by atoms with van der Waals surface area (Å²) in [6, 6.07) is 4.54.